The second kappa shape index (κ2) is 3.67. The third kappa shape index (κ3) is 1.86. The summed E-state index contributed by atoms with van der Waals surface area (Å²) in [4.78, 5) is 10.5. The van der Waals surface area contributed by atoms with E-state index in [9.17, 15) is 9.18 Å². The molecule has 0 unspecified atom stereocenters. The Kier molecular flexibility index (Phi) is 2.97. The van der Waals surface area contributed by atoms with E-state index in [4.69, 9.17) is 22.4 Å². The van der Waals surface area contributed by atoms with Crippen molar-refractivity contribution in [3.05, 3.63) is 26.0 Å². The minimum atomic E-state index is -1.30. The smallest absolute Gasteiger partial charge is 0.337 e. The normalized spacial score (nSPS) is 10.1. The molecule has 6 heteroatoms. The lowest BCUT2D eigenvalue weighted by Crippen LogP contribution is -2.06. The van der Waals surface area contributed by atoms with Crippen LogP contribution in [0.3, 0.4) is 0 Å². The van der Waals surface area contributed by atoms with Crippen LogP contribution in [0.15, 0.2) is 6.07 Å². The summed E-state index contributed by atoms with van der Waals surface area (Å²) in [6.45, 7) is 0. The van der Waals surface area contributed by atoms with E-state index >= 15 is 0 Å². The molecule has 0 amide bonds. The summed E-state index contributed by atoms with van der Waals surface area (Å²) in [6, 6.07) is 1.13. The largest absolute Gasteiger partial charge is 0.478 e. The van der Waals surface area contributed by atoms with Gasteiger partial charge in [-0.15, -0.1) is 0 Å². The van der Waals surface area contributed by atoms with Gasteiger partial charge in [-0.2, -0.15) is 0 Å². The maximum atomic E-state index is 13.1. The maximum absolute atomic E-state index is 13.1. The molecule has 1 aromatic rings. The number of carbonyl (C=O) groups is 1. The molecule has 1 rings (SSSR count). The average molecular weight is 315 g/mol. The molecule has 70 valence electrons. The summed E-state index contributed by atoms with van der Waals surface area (Å²) in [5, 5.41) is 8.64. The summed E-state index contributed by atoms with van der Waals surface area (Å²) < 4.78 is 13.3. The van der Waals surface area contributed by atoms with E-state index in [0.717, 1.165) is 6.07 Å². The Morgan fingerprint density at radius 2 is 2.23 bits per heavy atom. The van der Waals surface area contributed by atoms with Crippen LogP contribution < -0.4 is 5.73 Å². The fourth-order valence-corrected chi connectivity index (χ4v) is 1.42. The molecular weight excluding hydrogens is 311 g/mol. The van der Waals surface area contributed by atoms with Gasteiger partial charge in [-0.3, -0.25) is 0 Å². The van der Waals surface area contributed by atoms with Gasteiger partial charge in [-0.25, -0.2) is 9.18 Å². The standard InChI is InChI=1S/C7H4ClFINO2/c8-3-1-2(7(12)13)6(11)4(9)5(3)10/h1H,11H2,(H,12,13). The minimum absolute atomic E-state index is 0.0460. The summed E-state index contributed by atoms with van der Waals surface area (Å²) in [7, 11) is 0. The Balaban J connectivity index is 3.50. The number of halogens is 3. The van der Waals surface area contributed by atoms with Crippen LogP contribution in [0.2, 0.25) is 5.02 Å². The molecule has 0 aliphatic heterocycles. The number of aromatic carboxylic acids is 1. The average Bonchev–Trinajstić information content (AvgIpc) is 2.07. The van der Waals surface area contributed by atoms with Crippen LogP contribution in [0.1, 0.15) is 10.4 Å². The van der Waals surface area contributed by atoms with Gasteiger partial charge >= 0.3 is 5.97 Å². The first-order valence-corrected chi connectivity index (χ1v) is 4.57. The Morgan fingerprint density at radius 1 is 1.69 bits per heavy atom. The second-order valence-electron chi connectivity index (χ2n) is 2.25. The van der Waals surface area contributed by atoms with Gasteiger partial charge in [0.15, 0.2) is 5.82 Å². The van der Waals surface area contributed by atoms with Gasteiger partial charge < -0.3 is 10.8 Å². The van der Waals surface area contributed by atoms with Gasteiger partial charge in [-0.1, -0.05) is 11.6 Å². The first-order chi connectivity index (χ1) is 5.95. The minimum Gasteiger partial charge on any atom is -0.478 e. The quantitative estimate of drug-likeness (QED) is 0.475. The van der Waals surface area contributed by atoms with Crippen molar-refractivity contribution in [3.8, 4) is 0 Å². The van der Waals surface area contributed by atoms with Crippen LogP contribution in [0, 0.1) is 9.39 Å². The predicted octanol–water partition coefficient (Wildman–Crippen LogP) is 2.36. The zero-order valence-electron chi connectivity index (χ0n) is 6.14. The van der Waals surface area contributed by atoms with Gasteiger partial charge in [0, 0.05) is 0 Å². The van der Waals surface area contributed by atoms with Crippen molar-refractivity contribution in [1.82, 2.24) is 0 Å². The van der Waals surface area contributed by atoms with Crippen molar-refractivity contribution >= 4 is 45.8 Å². The van der Waals surface area contributed by atoms with Crippen LogP contribution in [0.5, 0.6) is 0 Å². The molecule has 3 N–H and O–H groups in total. The summed E-state index contributed by atoms with van der Waals surface area (Å²) in [6.07, 6.45) is 0. The predicted molar refractivity (Wildman–Crippen MR) is 55.5 cm³/mol. The number of carboxylic acid groups (broad SMARTS) is 1. The fourth-order valence-electron chi connectivity index (χ4n) is 0.786. The van der Waals surface area contributed by atoms with Crippen LogP contribution in [0.4, 0.5) is 10.1 Å². The fraction of sp³-hybridized carbons (Fsp3) is 0. The van der Waals surface area contributed by atoms with E-state index in [-0.39, 0.29) is 19.8 Å². The number of carboxylic acids is 1. The molecule has 0 aliphatic carbocycles. The number of nitrogens with two attached hydrogens (primary N) is 1. The van der Waals surface area contributed by atoms with E-state index in [2.05, 4.69) is 0 Å². The molecule has 0 atom stereocenters. The van der Waals surface area contributed by atoms with Gasteiger partial charge in [-0.05, 0) is 28.7 Å². The first kappa shape index (κ1) is 10.5. The molecule has 0 spiro atoms. The van der Waals surface area contributed by atoms with E-state index < -0.39 is 11.8 Å². The zero-order valence-corrected chi connectivity index (χ0v) is 9.06. The number of anilines is 1. The number of rotatable bonds is 1. The molecule has 0 saturated carbocycles. The van der Waals surface area contributed by atoms with Crippen molar-refractivity contribution < 1.29 is 14.3 Å². The molecule has 0 heterocycles. The van der Waals surface area contributed by atoms with Crippen LogP contribution >= 0.6 is 34.2 Å². The molecule has 13 heavy (non-hydrogen) atoms. The summed E-state index contributed by atoms with van der Waals surface area (Å²) >= 11 is 7.22. The number of nitrogen functional groups attached to an aromatic ring is 1. The highest BCUT2D eigenvalue weighted by Gasteiger charge is 2.17. The summed E-state index contributed by atoms with van der Waals surface area (Å²) in [5.74, 6) is -2.08. The van der Waals surface area contributed by atoms with Crippen molar-refractivity contribution in [1.29, 1.82) is 0 Å². The highest BCUT2D eigenvalue weighted by Crippen LogP contribution is 2.28. The van der Waals surface area contributed by atoms with Crippen molar-refractivity contribution in [2.24, 2.45) is 0 Å². The second-order valence-corrected chi connectivity index (χ2v) is 3.74. The van der Waals surface area contributed by atoms with Crippen molar-refractivity contribution in [3.63, 3.8) is 0 Å². The third-order valence-electron chi connectivity index (χ3n) is 1.43. The van der Waals surface area contributed by atoms with Gasteiger partial charge in [0.2, 0.25) is 0 Å². The van der Waals surface area contributed by atoms with E-state index in [1.165, 1.54) is 0 Å². The highest BCUT2D eigenvalue weighted by atomic mass is 127. The zero-order chi connectivity index (χ0) is 10.2. The monoisotopic (exact) mass is 315 g/mol. The topological polar surface area (TPSA) is 63.3 Å². The van der Waals surface area contributed by atoms with Gasteiger partial charge in [0.05, 0.1) is 19.8 Å². The van der Waals surface area contributed by atoms with E-state index in [0.29, 0.717) is 0 Å². The van der Waals surface area contributed by atoms with Crippen LogP contribution in [0.25, 0.3) is 0 Å². The Bertz CT molecular complexity index is 383. The van der Waals surface area contributed by atoms with Crippen LogP contribution in [-0.2, 0) is 0 Å². The van der Waals surface area contributed by atoms with Gasteiger partial charge in [0.25, 0.3) is 0 Å². The Labute approximate surface area is 91.8 Å². The molecule has 3 nitrogen and oxygen atoms in total. The first-order valence-electron chi connectivity index (χ1n) is 3.11. The van der Waals surface area contributed by atoms with Gasteiger partial charge in [0.1, 0.15) is 0 Å². The molecule has 0 fully saturated rings. The van der Waals surface area contributed by atoms with E-state index in [1.54, 1.807) is 22.6 Å². The van der Waals surface area contributed by atoms with Crippen LogP contribution in [-0.4, -0.2) is 11.1 Å². The third-order valence-corrected chi connectivity index (χ3v) is 3.10. The van der Waals surface area contributed by atoms with Crippen molar-refractivity contribution in [2.75, 3.05) is 5.73 Å². The summed E-state index contributed by atoms with van der Waals surface area (Å²) in [5.41, 5.74) is 4.53. The Hall–Kier alpha value is -0.560. The number of benzene rings is 1. The molecule has 0 radical (unpaired) electrons. The molecule has 1 aromatic carbocycles. The molecular formula is C7H4ClFINO2. The Morgan fingerprint density at radius 3 is 2.69 bits per heavy atom. The van der Waals surface area contributed by atoms with E-state index in [1.807, 2.05) is 0 Å². The highest BCUT2D eigenvalue weighted by molar-refractivity contribution is 14.1. The molecule has 0 saturated heterocycles. The lowest BCUT2D eigenvalue weighted by Gasteiger charge is -2.05. The molecule has 0 aromatic heterocycles. The lowest BCUT2D eigenvalue weighted by molar-refractivity contribution is 0.0697. The van der Waals surface area contributed by atoms with Crippen molar-refractivity contribution in [2.45, 2.75) is 0 Å². The maximum Gasteiger partial charge on any atom is 0.337 e. The molecule has 0 aliphatic rings. The number of hydrogen-bond donors (Lipinski definition) is 2. The SMILES string of the molecule is Nc1c(C(=O)O)cc(Cl)c(I)c1F. The lowest BCUT2D eigenvalue weighted by atomic mass is 10.2. The molecule has 0 bridgehead atoms. The number of hydrogen-bond acceptors (Lipinski definition) is 2.